The first-order chi connectivity index (χ1) is 9.46. The predicted octanol–water partition coefficient (Wildman–Crippen LogP) is 1.58. The summed E-state index contributed by atoms with van der Waals surface area (Å²) in [5.74, 6) is -0.221. The van der Waals surface area contributed by atoms with E-state index in [0.717, 1.165) is 4.88 Å². The van der Waals surface area contributed by atoms with Crippen LogP contribution in [0.2, 0.25) is 0 Å². The van der Waals surface area contributed by atoms with Crippen LogP contribution < -0.4 is 0 Å². The molecule has 20 heavy (non-hydrogen) atoms. The third kappa shape index (κ3) is 1.62. The van der Waals surface area contributed by atoms with Crippen LogP contribution in [0.3, 0.4) is 0 Å². The van der Waals surface area contributed by atoms with Crippen molar-refractivity contribution in [2.75, 3.05) is 14.1 Å². The van der Waals surface area contributed by atoms with Crippen molar-refractivity contribution in [3.63, 3.8) is 0 Å². The van der Waals surface area contributed by atoms with Crippen LogP contribution in [0.4, 0.5) is 0 Å². The van der Waals surface area contributed by atoms with E-state index in [2.05, 4.69) is 4.98 Å². The summed E-state index contributed by atoms with van der Waals surface area (Å²) in [6.45, 7) is 1.92. The van der Waals surface area contributed by atoms with Gasteiger partial charge in [-0.05, 0) is 13.0 Å². The van der Waals surface area contributed by atoms with Crippen molar-refractivity contribution in [3.8, 4) is 0 Å². The molecule has 1 aromatic carbocycles. The van der Waals surface area contributed by atoms with Gasteiger partial charge in [0.05, 0.1) is 0 Å². The molecule has 0 saturated heterocycles. The van der Waals surface area contributed by atoms with E-state index in [-0.39, 0.29) is 5.91 Å². The minimum Gasteiger partial charge on any atom is -0.360 e. The fourth-order valence-corrected chi connectivity index (χ4v) is 3.40. The monoisotopic (exact) mass is 289 g/mol. The Morgan fingerprint density at radius 1 is 1.35 bits per heavy atom. The van der Waals surface area contributed by atoms with E-state index in [4.69, 9.17) is 0 Å². The Balaban J connectivity index is 2.27. The minimum atomic E-state index is -1.53. The van der Waals surface area contributed by atoms with Crippen LogP contribution in [0, 0.1) is 6.92 Å². The molecule has 1 N–H and O–H groups in total. The second kappa shape index (κ2) is 4.37. The first-order valence-electron chi connectivity index (χ1n) is 6.23. The van der Waals surface area contributed by atoms with Crippen LogP contribution in [0.1, 0.15) is 25.8 Å². The molecule has 1 unspecified atom stereocenters. The average Bonchev–Trinajstić information content (AvgIpc) is 2.93. The number of thiazole rings is 1. The molecule has 0 radical (unpaired) electrons. The Kier molecular flexibility index (Phi) is 2.89. The Morgan fingerprint density at radius 2 is 2.05 bits per heavy atom. The Hall–Kier alpha value is -1.76. The van der Waals surface area contributed by atoms with Crippen molar-refractivity contribution >= 4 is 17.2 Å². The molecule has 3 rings (SSSR count). The van der Waals surface area contributed by atoms with Gasteiger partial charge in [-0.2, -0.15) is 0 Å². The number of hydrazine groups is 1. The zero-order chi connectivity index (χ0) is 14.5. The molecule has 0 bridgehead atoms. The van der Waals surface area contributed by atoms with Crippen LogP contribution in [0.25, 0.3) is 0 Å². The normalized spacial score (nSPS) is 21.6. The number of aryl methyl sites for hydroxylation is 1. The van der Waals surface area contributed by atoms with Gasteiger partial charge in [-0.15, -0.1) is 11.3 Å². The van der Waals surface area contributed by atoms with E-state index in [1.165, 1.54) is 16.3 Å². The van der Waals surface area contributed by atoms with Crippen molar-refractivity contribution in [2.45, 2.75) is 12.6 Å². The van der Waals surface area contributed by atoms with Crippen LogP contribution >= 0.6 is 11.3 Å². The van der Waals surface area contributed by atoms with E-state index >= 15 is 0 Å². The molecule has 1 aromatic heterocycles. The van der Waals surface area contributed by atoms with Crippen LogP contribution in [0.15, 0.2) is 30.5 Å². The molecule has 1 aliphatic rings. The van der Waals surface area contributed by atoms with E-state index in [0.29, 0.717) is 16.1 Å². The topological polar surface area (TPSA) is 56.7 Å². The van der Waals surface area contributed by atoms with Gasteiger partial charge >= 0.3 is 0 Å². The van der Waals surface area contributed by atoms with Crippen molar-refractivity contribution in [1.82, 2.24) is 15.0 Å². The van der Waals surface area contributed by atoms with E-state index < -0.39 is 5.72 Å². The van der Waals surface area contributed by atoms with Gasteiger partial charge in [0.15, 0.2) is 5.01 Å². The smallest absolute Gasteiger partial charge is 0.271 e. The Labute approximate surface area is 121 Å². The van der Waals surface area contributed by atoms with E-state index in [1.807, 2.05) is 13.0 Å². The number of aliphatic hydroxyl groups is 1. The lowest BCUT2D eigenvalue weighted by Gasteiger charge is -2.36. The minimum absolute atomic E-state index is 0.221. The SMILES string of the molecule is Cc1cnc(C2(O)c3ccccc3C(=O)N2N(C)C)s1. The standard InChI is InChI=1S/C14H15N3O2S/c1-9-8-15-13(20-9)14(19)11-7-5-4-6-10(11)12(18)17(14)16(2)3/h4-8,19H,1-3H3. The summed E-state index contributed by atoms with van der Waals surface area (Å²) < 4.78 is 0. The molecule has 0 fully saturated rings. The maximum Gasteiger partial charge on any atom is 0.271 e. The number of carbonyl (C=O) groups excluding carboxylic acids is 1. The number of aromatic nitrogens is 1. The number of hydrogen-bond donors (Lipinski definition) is 1. The molecule has 0 saturated carbocycles. The first kappa shape index (κ1) is 13.2. The van der Waals surface area contributed by atoms with Crippen LogP contribution in [-0.4, -0.2) is 40.1 Å². The molecule has 1 aliphatic heterocycles. The zero-order valence-electron chi connectivity index (χ0n) is 11.5. The number of benzene rings is 1. The highest BCUT2D eigenvalue weighted by atomic mass is 32.1. The third-order valence-electron chi connectivity index (χ3n) is 3.35. The number of hydrogen-bond acceptors (Lipinski definition) is 5. The van der Waals surface area contributed by atoms with Crippen LogP contribution in [-0.2, 0) is 5.72 Å². The largest absolute Gasteiger partial charge is 0.360 e. The Bertz CT molecular complexity index is 683. The molecule has 1 atom stereocenters. The molecule has 0 aliphatic carbocycles. The molecule has 1 amide bonds. The lowest BCUT2D eigenvalue weighted by Crippen LogP contribution is -2.51. The second-order valence-corrected chi connectivity index (χ2v) is 6.19. The first-order valence-corrected chi connectivity index (χ1v) is 7.04. The van der Waals surface area contributed by atoms with Crippen molar-refractivity contribution in [1.29, 1.82) is 0 Å². The summed E-state index contributed by atoms with van der Waals surface area (Å²) >= 11 is 1.39. The highest BCUT2D eigenvalue weighted by Crippen LogP contribution is 2.43. The lowest BCUT2D eigenvalue weighted by molar-refractivity contribution is -0.136. The molecule has 6 heteroatoms. The number of amides is 1. The molecule has 2 heterocycles. The quantitative estimate of drug-likeness (QED) is 0.912. The van der Waals surface area contributed by atoms with E-state index in [1.54, 1.807) is 43.5 Å². The third-order valence-corrected chi connectivity index (χ3v) is 4.36. The molecule has 0 spiro atoms. The Morgan fingerprint density at radius 3 is 2.65 bits per heavy atom. The maximum atomic E-state index is 12.5. The van der Waals surface area contributed by atoms with Crippen molar-refractivity contribution in [3.05, 3.63) is 51.5 Å². The van der Waals surface area contributed by atoms with Gasteiger partial charge in [0.25, 0.3) is 5.91 Å². The van der Waals surface area contributed by atoms with Gasteiger partial charge in [-0.25, -0.2) is 15.0 Å². The second-order valence-electron chi connectivity index (χ2n) is 4.96. The zero-order valence-corrected chi connectivity index (χ0v) is 12.3. The molecule has 5 nitrogen and oxygen atoms in total. The highest BCUT2D eigenvalue weighted by Gasteiger charge is 2.53. The lowest BCUT2D eigenvalue weighted by atomic mass is 10.0. The predicted molar refractivity (Wildman–Crippen MR) is 76.1 cm³/mol. The van der Waals surface area contributed by atoms with E-state index in [9.17, 15) is 9.90 Å². The summed E-state index contributed by atoms with van der Waals surface area (Å²) in [5.41, 5.74) is -0.444. The summed E-state index contributed by atoms with van der Waals surface area (Å²) in [6, 6.07) is 7.11. The summed E-state index contributed by atoms with van der Waals surface area (Å²) in [7, 11) is 3.46. The number of rotatable bonds is 2. The van der Waals surface area contributed by atoms with Crippen LogP contribution in [0.5, 0.6) is 0 Å². The fourth-order valence-electron chi connectivity index (χ4n) is 2.54. The molecular weight excluding hydrogens is 274 g/mol. The maximum absolute atomic E-state index is 12.5. The summed E-state index contributed by atoms with van der Waals surface area (Å²) in [6.07, 6.45) is 1.71. The van der Waals surface area contributed by atoms with Gasteiger partial charge in [0.2, 0.25) is 5.72 Å². The molecule has 104 valence electrons. The summed E-state index contributed by atoms with van der Waals surface area (Å²) in [4.78, 5) is 17.8. The average molecular weight is 289 g/mol. The van der Waals surface area contributed by atoms with Gasteiger partial charge in [-0.3, -0.25) is 4.79 Å². The number of nitrogens with zero attached hydrogens (tertiary/aromatic N) is 3. The molecular formula is C14H15N3O2S. The molecule has 2 aromatic rings. The van der Waals surface area contributed by atoms with Gasteiger partial charge in [-0.1, -0.05) is 18.2 Å². The van der Waals surface area contributed by atoms with Crippen molar-refractivity contribution in [2.24, 2.45) is 0 Å². The highest BCUT2D eigenvalue weighted by molar-refractivity contribution is 7.11. The number of fused-ring (bicyclic) bond motifs is 1. The summed E-state index contributed by atoms with van der Waals surface area (Å²) in [5, 5.41) is 14.7. The van der Waals surface area contributed by atoms with Gasteiger partial charge in [0.1, 0.15) is 0 Å². The van der Waals surface area contributed by atoms with Crippen molar-refractivity contribution < 1.29 is 9.90 Å². The van der Waals surface area contributed by atoms with Gasteiger partial charge < -0.3 is 5.11 Å². The van der Waals surface area contributed by atoms with Gasteiger partial charge in [0, 0.05) is 36.3 Å². The number of carbonyl (C=O) groups is 1. The fraction of sp³-hybridized carbons (Fsp3) is 0.286.